The van der Waals surface area contributed by atoms with Gasteiger partial charge in [0, 0.05) is 31.4 Å². The topological polar surface area (TPSA) is 37.4 Å². The molecule has 4 heteroatoms. The molecule has 3 atom stereocenters. The molecule has 3 fully saturated rings. The van der Waals surface area contributed by atoms with Crippen LogP contribution in [0.1, 0.15) is 32.1 Å². The molecule has 1 aromatic rings. The van der Waals surface area contributed by atoms with E-state index in [9.17, 15) is 0 Å². The molecule has 3 unspecified atom stereocenters. The van der Waals surface area contributed by atoms with Crippen LogP contribution >= 0.6 is 0 Å². The molecule has 1 aromatic heterocycles. The Morgan fingerprint density at radius 3 is 2.70 bits per heavy atom. The number of rotatable bonds is 3. The molecule has 3 aliphatic heterocycles. The number of aromatic nitrogens is 1. The van der Waals surface area contributed by atoms with Crippen molar-refractivity contribution in [3.63, 3.8) is 0 Å². The number of hydrogen-bond donors (Lipinski definition) is 1. The third-order valence-corrected chi connectivity index (χ3v) is 5.02. The molecule has 20 heavy (non-hydrogen) atoms. The van der Waals surface area contributed by atoms with Crippen molar-refractivity contribution in [1.82, 2.24) is 10.3 Å². The number of fused-ring (bicyclic) bond motifs is 2. The molecule has 4 nitrogen and oxygen atoms in total. The molecular formula is C16H23N3O. The van der Waals surface area contributed by atoms with Gasteiger partial charge in [-0.1, -0.05) is 6.07 Å². The van der Waals surface area contributed by atoms with Crippen molar-refractivity contribution in [2.24, 2.45) is 0 Å². The summed E-state index contributed by atoms with van der Waals surface area (Å²) in [6.07, 6.45) is 9.11. The molecule has 0 amide bonds. The lowest BCUT2D eigenvalue weighted by atomic mass is 9.93. The maximum Gasteiger partial charge on any atom is 0.128 e. The highest BCUT2D eigenvalue weighted by atomic mass is 16.5. The summed E-state index contributed by atoms with van der Waals surface area (Å²) in [5, 5.41) is 3.85. The Morgan fingerprint density at radius 1 is 1.15 bits per heavy atom. The molecular weight excluding hydrogens is 250 g/mol. The molecule has 0 spiro atoms. The van der Waals surface area contributed by atoms with E-state index in [-0.39, 0.29) is 0 Å². The summed E-state index contributed by atoms with van der Waals surface area (Å²) >= 11 is 0. The average molecular weight is 273 g/mol. The first kappa shape index (κ1) is 12.6. The fourth-order valence-corrected chi connectivity index (χ4v) is 3.93. The van der Waals surface area contributed by atoms with Gasteiger partial charge in [-0.15, -0.1) is 0 Å². The summed E-state index contributed by atoms with van der Waals surface area (Å²) < 4.78 is 5.93. The molecule has 0 saturated carbocycles. The Hall–Kier alpha value is -1.13. The van der Waals surface area contributed by atoms with E-state index >= 15 is 0 Å². The molecule has 3 saturated heterocycles. The second kappa shape index (κ2) is 5.34. The van der Waals surface area contributed by atoms with Gasteiger partial charge in [-0.05, 0) is 44.2 Å². The van der Waals surface area contributed by atoms with Crippen molar-refractivity contribution < 1.29 is 4.74 Å². The van der Waals surface area contributed by atoms with Crippen molar-refractivity contribution in [1.29, 1.82) is 0 Å². The first-order valence-electron chi connectivity index (χ1n) is 7.96. The number of piperidine rings is 1. The van der Waals surface area contributed by atoms with E-state index < -0.39 is 0 Å². The Bertz CT molecular complexity index is 444. The van der Waals surface area contributed by atoms with E-state index in [0.717, 1.165) is 18.9 Å². The van der Waals surface area contributed by atoms with Crippen LogP contribution in [0, 0.1) is 0 Å². The predicted octanol–water partition coefficient (Wildman–Crippen LogP) is 1.96. The van der Waals surface area contributed by atoms with E-state index in [4.69, 9.17) is 4.74 Å². The van der Waals surface area contributed by atoms with E-state index in [1.54, 1.807) is 0 Å². The number of nitrogens with zero attached hydrogens (tertiary/aromatic N) is 2. The summed E-state index contributed by atoms with van der Waals surface area (Å²) in [7, 11) is 0. The maximum atomic E-state index is 5.93. The lowest BCUT2D eigenvalue weighted by molar-refractivity contribution is 0.0954. The van der Waals surface area contributed by atoms with Crippen molar-refractivity contribution >= 4 is 5.82 Å². The van der Waals surface area contributed by atoms with E-state index in [2.05, 4.69) is 27.3 Å². The fraction of sp³-hybridized carbons (Fsp3) is 0.688. The minimum atomic E-state index is 0.494. The van der Waals surface area contributed by atoms with Crippen LogP contribution < -0.4 is 10.2 Å². The standard InChI is InChI=1S/C16H23N3O/c1-2-8-17-16(3-1)19-9-6-12(7-10-19)18-14-11-13-4-5-15(14)20-13/h1-3,8,12-15,18H,4-7,9-11H2. The number of ether oxygens (including phenoxy) is 1. The van der Waals surface area contributed by atoms with Crippen LogP contribution in [0.25, 0.3) is 0 Å². The van der Waals surface area contributed by atoms with Crippen LogP contribution in [0.5, 0.6) is 0 Å². The third kappa shape index (κ3) is 2.42. The van der Waals surface area contributed by atoms with Gasteiger partial charge in [0.15, 0.2) is 0 Å². The minimum absolute atomic E-state index is 0.494. The summed E-state index contributed by atoms with van der Waals surface area (Å²) in [5.74, 6) is 1.12. The molecule has 108 valence electrons. The van der Waals surface area contributed by atoms with Crippen LogP contribution in [0.3, 0.4) is 0 Å². The van der Waals surface area contributed by atoms with Crippen LogP contribution in [0.4, 0.5) is 5.82 Å². The molecule has 0 aromatic carbocycles. The molecule has 0 radical (unpaired) electrons. The molecule has 0 aliphatic carbocycles. The zero-order valence-corrected chi connectivity index (χ0v) is 11.9. The molecule has 4 heterocycles. The number of nitrogens with one attached hydrogen (secondary N) is 1. The maximum absolute atomic E-state index is 5.93. The first-order valence-corrected chi connectivity index (χ1v) is 7.96. The van der Waals surface area contributed by atoms with Crippen LogP contribution in [0.2, 0.25) is 0 Å². The van der Waals surface area contributed by atoms with E-state index in [1.165, 1.54) is 32.1 Å². The monoisotopic (exact) mass is 273 g/mol. The van der Waals surface area contributed by atoms with Crippen molar-refractivity contribution in [3.8, 4) is 0 Å². The highest BCUT2D eigenvalue weighted by molar-refractivity contribution is 5.38. The Balaban J connectivity index is 1.29. The summed E-state index contributed by atoms with van der Waals surface area (Å²) in [4.78, 5) is 6.85. The second-order valence-electron chi connectivity index (χ2n) is 6.33. The zero-order chi connectivity index (χ0) is 13.4. The number of anilines is 1. The van der Waals surface area contributed by atoms with Crippen LogP contribution in [0.15, 0.2) is 24.4 Å². The minimum Gasteiger partial charge on any atom is -0.373 e. The molecule has 3 aliphatic rings. The number of pyridine rings is 1. The second-order valence-corrected chi connectivity index (χ2v) is 6.33. The lowest BCUT2D eigenvalue weighted by Crippen LogP contribution is -2.49. The van der Waals surface area contributed by atoms with Gasteiger partial charge >= 0.3 is 0 Å². The Kier molecular flexibility index (Phi) is 3.36. The van der Waals surface area contributed by atoms with E-state index in [1.807, 2.05) is 12.3 Å². The fourth-order valence-electron chi connectivity index (χ4n) is 3.93. The van der Waals surface area contributed by atoms with Gasteiger partial charge in [-0.25, -0.2) is 4.98 Å². The zero-order valence-electron chi connectivity index (χ0n) is 11.9. The lowest BCUT2D eigenvalue weighted by Gasteiger charge is -2.35. The van der Waals surface area contributed by atoms with Gasteiger partial charge in [0.2, 0.25) is 0 Å². The largest absolute Gasteiger partial charge is 0.373 e. The first-order chi connectivity index (χ1) is 9.88. The van der Waals surface area contributed by atoms with Crippen molar-refractivity contribution in [2.75, 3.05) is 18.0 Å². The van der Waals surface area contributed by atoms with Gasteiger partial charge in [-0.2, -0.15) is 0 Å². The number of hydrogen-bond acceptors (Lipinski definition) is 4. The highest BCUT2D eigenvalue weighted by Crippen LogP contribution is 2.35. The van der Waals surface area contributed by atoms with Crippen LogP contribution in [-0.2, 0) is 4.74 Å². The predicted molar refractivity (Wildman–Crippen MR) is 78.9 cm³/mol. The highest BCUT2D eigenvalue weighted by Gasteiger charge is 2.41. The van der Waals surface area contributed by atoms with Crippen LogP contribution in [-0.4, -0.2) is 42.4 Å². The Morgan fingerprint density at radius 2 is 2.05 bits per heavy atom. The SMILES string of the molecule is c1ccc(N2CCC(NC3CC4CCC3O4)CC2)nc1. The third-order valence-electron chi connectivity index (χ3n) is 5.02. The average Bonchev–Trinajstić information content (AvgIpc) is 3.12. The van der Waals surface area contributed by atoms with Crippen molar-refractivity contribution in [3.05, 3.63) is 24.4 Å². The van der Waals surface area contributed by atoms with Gasteiger partial charge < -0.3 is 15.0 Å². The summed E-state index contributed by atoms with van der Waals surface area (Å²) in [6.45, 7) is 2.21. The molecule has 2 bridgehead atoms. The quantitative estimate of drug-likeness (QED) is 0.913. The van der Waals surface area contributed by atoms with Crippen molar-refractivity contribution in [2.45, 2.75) is 56.4 Å². The summed E-state index contributed by atoms with van der Waals surface area (Å²) in [5.41, 5.74) is 0. The van der Waals surface area contributed by atoms with E-state index in [0.29, 0.717) is 24.3 Å². The normalized spacial score (nSPS) is 33.8. The summed E-state index contributed by atoms with van der Waals surface area (Å²) in [6, 6.07) is 7.42. The smallest absolute Gasteiger partial charge is 0.128 e. The van der Waals surface area contributed by atoms with Gasteiger partial charge in [0.1, 0.15) is 5.82 Å². The van der Waals surface area contributed by atoms with Gasteiger partial charge in [0.05, 0.1) is 12.2 Å². The van der Waals surface area contributed by atoms with Gasteiger partial charge in [0.25, 0.3) is 0 Å². The van der Waals surface area contributed by atoms with Gasteiger partial charge in [-0.3, -0.25) is 0 Å². The molecule has 4 rings (SSSR count). The molecule has 1 N–H and O–H groups in total. The Labute approximate surface area is 120 Å².